The fourth-order valence-corrected chi connectivity index (χ4v) is 4.02. The average molecular weight is 311 g/mol. The topological polar surface area (TPSA) is 43.1 Å². The van der Waals surface area contributed by atoms with Crippen LogP contribution >= 0.6 is 11.3 Å². The quantitative estimate of drug-likeness (QED) is 0.262. The van der Waals surface area contributed by atoms with Gasteiger partial charge in [0.2, 0.25) is 0 Å². The van der Waals surface area contributed by atoms with E-state index in [1.165, 1.54) is 24.3 Å². The van der Waals surface area contributed by atoms with E-state index in [0.29, 0.717) is 5.39 Å². The summed E-state index contributed by atoms with van der Waals surface area (Å²) in [7, 11) is 0. The number of halogens is 1. The van der Waals surface area contributed by atoms with Gasteiger partial charge in [-0.1, -0.05) is 6.07 Å². The van der Waals surface area contributed by atoms with E-state index in [4.69, 9.17) is 0 Å². The molecule has 0 fully saturated rings. The van der Waals surface area contributed by atoms with Crippen molar-refractivity contribution in [2.75, 3.05) is 0 Å². The number of hydrogen-bond donors (Lipinski definition) is 0. The number of rotatable bonds is 1. The molecule has 4 rings (SSSR count). The Balaban J connectivity index is 2.32. The molecule has 22 heavy (non-hydrogen) atoms. The minimum absolute atomic E-state index is 0.0192. The molecule has 0 unspecified atom stereocenters. The van der Waals surface area contributed by atoms with Gasteiger partial charge < -0.3 is 0 Å². The molecule has 0 N–H and O–H groups in total. The zero-order chi connectivity index (χ0) is 15.4. The van der Waals surface area contributed by atoms with Crippen molar-refractivity contribution in [1.29, 1.82) is 0 Å². The predicted molar refractivity (Wildman–Crippen MR) is 88.2 cm³/mol. The largest absolute Gasteiger partial charge is 0.270 e. The highest BCUT2D eigenvalue weighted by Gasteiger charge is 2.14. The molecule has 0 aliphatic rings. The highest BCUT2D eigenvalue weighted by molar-refractivity contribution is 7.20. The Morgan fingerprint density at radius 1 is 0.955 bits per heavy atom. The number of nitrogens with zero attached hydrogens (tertiary/aromatic N) is 1. The molecular weight excluding hydrogens is 301 g/mol. The van der Waals surface area contributed by atoms with Gasteiger partial charge in [0.1, 0.15) is 5.82 Å². The Labute approximate surface area is 128 Å². The van der Waals surface area contributed by atoms with E-state index < -0.39 is 4.92 Å². The van der Waals surface area contributed by atoms with Gasteiger partial charge in [0, 0.05) is 32.5 Å². The van der Waals surface area contributed by atoms with Gasteiger partial charge >= 0.3 is 0 Å². The number of fused-ring (bicyclic) bond motifs is 6. The van der Waals surface area contributed by atoms with Crippen molar-refractivity contribution in [2.24, 2.45) is 0 Å². The van der Waals surface area contributed by atoms with E-state index in [1.807, 2.05) is 6.92 Å². The Bertz CT molecular complexity index is 1080. The standard InChI is InChI=1S/C17H10FNO2S/c1-9-6-16-12-4-2-10(18)7-14(12)15-8-11(19(20)21)3-5-13(15)17(16)22-9/h2-8H,1H3. The van der Waals surface area contributed by atoms with Crippen molar-refractivity contribution >= 4 is 48.7 Å². The van der Waals surface area contributed by atoms with Crippen LogP contribution in [0.2, 0.25) is 0 Å². The third-order valence-corrected chi connectivity index (χ3v) is 4.96. The molecule has 0 atom stereocenters. The molecule has 0 saturated heterocycles. The molecule has 4 aromatic rings. The molecule has 0 bridgehead atoms. The Kier molecular flexibility index (Phi) is 2.68. The van der Waals surface area contributed by atoms with Crippen LogP contribution < -0.4 is 0 Å². The maximum Gasteiger partial charge on any atom is 0.270 e. The molecule has 0 amide bonds. The van der Waals surface area contributed by atoms with Crippen LogP contribution in [0, 0.1) is 22.9 Å². The van der Waals surface area contributed by atoms with Crippen LogP contribution in [-0.4, -0.2) is 4.92 Å². The van der Waals surface area contributed by atoms with Crippen LogP contribution in [0.4, 0.5) is 10.1 Å². The first-order chi connectivity index (χ1) is 10.5. The van der Waals surface area contributed by atoms with Crippen molar-refractivity contribution in [2.45, 2.75) is 6.92 Å². The summed E-state index contributed by atoms with van der Waals surface area (Å²) in [5.74, 6) is -0.341. The van der Waals surface area contributed by atoms with E-state index >= 15 is 0 Å². The van der Waals surface area contributed by atoms with Crippen LogP contribution in [-0.2, 0) is 0 Å². The van der Waals surface area contributed by atoms with Crippen molar-refractivity contribution < 1.29 is 9.31 Å². The van der Waals surface area contributed by atoms with Gasteiger partial charge in [0.25, 0.3) is 5.69 Å². The van der Waals surface area contributed by atoms with E-state index in [-0.39, 0.29) is 11.5 Å². The second kappa shape index (κ2) is 4.48. The number of aryl methyl sites for hydroxylation is 1. The first-order valence-electron chi connectivity index (χ1n) is 6.74. The van der Waals surface area contributed by atoms with Crippen molar-refractivity contribution in [1.82, 2.24) is 0 Å². The first kappa shape index (κ1) is 13.2. The third kappa shape index (κ3) is 1.79. The molecular formula is C17H10FNO2S. The van der Waals surface area contributed by atoms with E-state index in [2.05, 4.69) is 6.07 Å². The summed E-state index contributed by atoms with van der Waals surface area (Å²) < 4.78 is 14.8. The lowest BCUT2D eigenvalue weighted by Crippen LogP contribution is -1.88. The number of hydrogen-bond acceptors (Lipinski definition) is 3. The van der Waals surface area contributed by atoms with Crippen LogP contribution in [0.15, 0.2) is 42.5 Å². The van der Waals surface area contributed by atoms with Gasteiger partial charge in [-0.15, -0.1) is 11.3 Å². The first-order valence-corrected chi connectivity index (χ1v) is 7.56. The SMILES string of the molecule is Cc1cc2c3ccc(F)cc3c3cc([N+](=O)[O-])ccc3c2s1. The van der Waals surface area contributed by atoms with Crippen LogP contribution in [0.5, 0.6) is 0 Å². The number of thiophene rings is 1. The van der Waals surface area contributed by atoms with Gasteiger partial charge in [0.15, 0.2) is 0 Å². The van der Waals surface area contributed by atoms with Gasteiger partial charge in [-0.3, -0.25) is 10.1 Å². The maximum atomic E-state index is 13.7. The molecule has 3 aromatic carbocycles. The van der Waals surface area contributed by atoms with E-state index in [1.54, 1.807) is 23.5 Å². The second-order valence-electron chi connectivity index (χ2n) is 5.28. The molecule has 0 radical (unpaired) electrons. The van der Waals surface area contributed by atoms with Gasteiger partial charge in [-0.05, 0) is 47.3 Å². The minimum Gasteiger partial charge on any atom is -0.258 e. The molecule has 1 heterocycles. The zero-order valence-electron chi connectivity index (χ0n) is 11.6. The summed E-state index contributed by atoms with van der Waals surface area (Å²) >= 11 is 1.65. The molecule has 0 aliphatic carbocycles. The summed E-state index contributed by atoms with van der Waals surface area (Å²) in [6.45, 7) is 2.03. The second-order valence-corrected chi connectivity index (χ2v) is 6.53. The third-order valence-electron chi connectivity index (χ3n) is 3.88. The highest BCUT2D eigenvalue weighted by atomic mass is 32.1. The Hall–Kier alpha value is -2.53. The smallest absolute Gasteiger partial charge is 0.258 e. The normalized spacial score (nSPS) is 11.5. The molecule has 0 spiro atoms. The lowest BCUT2D eigenvalue weighted by atomic mass is 9.98. The van der Waals surface area contributed by atoms with Gasteiger partial charge in [-0.2, -0.15) is 0 Å². The summed E-state index contributed by atoms with van der Waals surface area (Å²) in [5.41, 5.74) is 0.0192. The van der Waals surface area contributed by atoms with E-state index in [0.717, 1.165) is 31.1 Å². The summed E-state index contributed by atoms with van der Waals surface area (Å²) in [6, 6.07) is 11.5. The fourth-order valence-electron chi connectivity index (χ4n) is 2.96. The predicted octanol–water partition coefficient (Wildman–Crippen LogP) is 5.56. The molecule has 5 heteroatoms. The Morgan fingerprint density at radius 3 is 2.45 bits per heavy atom. The summed E-state index contributed by atoms with van der Waals surface area (Å²) in [6.07, 6.45) is 0. The summed E-state index contributed by atoms with van der Waals surface area (Å²) in [4.78, 5) is 11.8. The van der Waals surface area contributed by atoms with Crippen molar-refractivity contribution in [3.05, 3.63) is 63.3 Å². The Morgan fingerprint density at radius 2 is 1.68 bits per heavy atom. The van der Waals surface area contributed by atoms with E-state index in [9.17, 15) is 14.5 Å². The fraction of sp³-hybridized carbons (Fsp3) is 0.0588. The van der Waals surface area contributed by atoms with Crippen molar-refractivity contribution in [3.8, 4) is 0 Å². The van der Waals surface area contributed by atoms with Crippen LogP contribution in [0.25, 0.3) is 31.6 Å². The number of nitro benzene ring substituents is 1. The van der Waals surface area contributed by atoms with Gasteiger partial charge in [-0.25, -0.2) is 4.39 Å². The van der Waals surface area contributed by atoms with Crippen molar-refractivity contribution in [3.63, 3.8) is 0 Å². The highest BCUT2D eigenvalue weighted by Crippen LogP contribution is 2.40. The molecule has 0 saturated carbocycles. The maximum absolute atomic E-state index is 13.7. The zero-order valence-corrected chi connectivity index (χ0v) is 12.4. The molecule has 3 nitrogen and oxygen atoms in total. The monoisotopic (exact) mass is 311 g/mol. The lowest BCUT2D eigenvalue weighted by Gasteiger charge is -2.07. The van der Waals surface area contributed by atoms with Crippen LogP contribution in [0.1, 0.15) is 4.88 Å². The molecule has 0 aliphatic heterocycles. The summed E-state index contributed by atoms with van der Waals surface area (Å²) in [5, 5.41) is 15.4. The number of non-ortho nitro benzene ring substituents is 1. The number of nitro groups is 1. The van der Waals surface area contributed by atoms with Gasteiger partial charge in [0.05, 0.1) is 4.92 Å². The molecule has 108 valence electrons. The molecule has 1 aromatic heterocycles. The minimum atomic E-state index is -0.422. The van der Waals surface area contributed by atoms with Crippen LogP contribution in [0.3, 0.4) is 0 Å². The lowest BCUT2D eigenvalue weighted by molar-refractivity contribution is -0.384. The average Bonchev–Trinajstić information content (AvgIpc) is 2.88. The number of benzene rings is 3.